The Labute approximate surface area is 523 Å². The van der Waals surface area contributed by atoms with Crippen LogP contribution in [-0.2, 0) is 64.8 Å². The Morgan fingerprint density at radius 1 is 0.727 bits per heavy atom. The fraction of sp³-hybridized carbons (Fsp3) is 0.548. The van der Waals surface area contributed by atoms with Gasteiger partial charge in [0.1, 0.15) is 24.1 Å². The molecule has 15 heteroatoms. The summed E-state index contributed by atoms with van der Waals surface area (Å²) in [7, 11) is -2.10. The highest BCUT2D eigenvalue weighted by atomic mass is 28.4. The maximum absolute atomic E-state index is 13.9. The Hall–Kier alpha value is -5.11. The molecule has 0 radical (unpaired) electrons. The second-order valence-corrected chi connectivity index (χ2v) is 30.4. The van der Waals surface area contributed by atoms with E-state index in [1.165, 1.54) is 5.57 Å². The van der Waals surface area contributed by atoms with Crippen molar-refractivity contribution in [2.75, 3.05) is 25.6 Å². The van der Waals surface area contributed by atoms with Crippen LogP contribution in [0.15, 0.2) is 157 Å². The Kier molecular flexibility index (Phi) is 19.8. The number of hydrogen-bond acceptors (Lipinski definition) is 13. The predicted octanol–water partition coefficient (Wildman–Crippen LogP) is 12.5. The van der Waals surface area contributed by atoms with E-state index in [2.05, 4.69) is 96.3 Å². The Morgan fingerprint density at radius 2 is 1.38 bits per heavy atom. The Bertz CT molecular complexity index is 3060. The zero-order valence-corrected chi connectivity index (χ0v) is 54.3. The van der Waals surface area contributed by atoms with E-state index in [4.69, 9.17) is 51.5 Å². The summed E-state index contributed by atoms with van der Waals surface area (Å²) >= 11 is 0. The summed E-state index contributed by atoms with van der Waals surface area (Å²) in [5.74, 6) is -1.68. The second-order valence-electron chi connectivity index (χ2n) is 27.6. The summed E-state index contributed by atoms with van der Waals surface area (Å²) in [5.41, 5.74) is 0.949. The van der Waals surface area contributed by atoms with E-state index < -0.39 is 85.1 Å². The molecule has 1 amide bonds. The van der Waals surface area contributed by atoms with Gasteiger partial charge in [0.05, 0.1) is 86.3 Å². The van der Waals surface area contributed by atoms with Crippen LogP contribution >= 0.6 is 0 Å². The molecular formula is C73H95NO13Si. The lowest BCUT2D eigenvalue weighted by atomic mass is 9.87. The topological polar surface area (TPSA) is 151 Å². The molecule has 0 aromatic heterocycles. The number of anilines is 1. The van der Waals surface area contributed by atoms with Crippen LogP contribution in [0.4, 0.5) is 5.69 Å². The van der Waals surface area contributed by atoms with Gasteiger partial charge in [0.15, 0.2) is 11.6 Å². The average Bonchev–Trinajstić information content (AvgIpc) is 1.54. The summed E-state index contributed by atoms with van der Waals surface area (Å²) in [4.78, 5) is 13.9. The van der Waals surface area contributed by atoms with Gasteiger partial charge >= 0.3 is 8.56 Å². The van der Waals surface area contributed by atoms with Crippen molar-refractivity contribution in [3.8, 4) is 5.75 Å². The monoisotopic (exact) mass is 1220 g/mol. The molecule has 6 aliphatic rings. The van der Waals surface area contributed by atoms with Gasteiger partial charge in [-0.25, -0.2) is 0 Å². The molecular weight excluding hydrogens is 1130 g/mol. The molecule has 14 nitrogen and oxygen atoms in total. The van der Waals surface area contributed by atoms with Crippen LogP contribution in [-0.4, -0.2) is 117 Å². The molecule has 0 aliphatic carbocycles. The van der Waals surface area contributed by atoms with Crippen molar-refractivity contribution in [2.45, 2.75) is 222 Å². The number of ether oxygens (including phenoxy) is 9. The molecule has 2 N–H and O–H groups in total. The number of carbonyl (C=O) groups excluding carboxylic acids is 1. The number of hydrogen-bond donors (Lipinski definition) is 2. The normalized spacial score (nSPS) is 31.8. The number of benzene rings is 5. The van der Waals surface area contributed by atoms with Gasteiger partial charge in [0.25, 0.3) is 0 Å². The van der Waals surface area contributed by atoms with Crippen LogP contribution in [0.3, 0.4) is 0 Å². The first-order valence-electron chi connectivity index (χ1n) is 32.3. The van der Waals surface area contributed by atoms with Crippen molar-refractivity contribution in [1.29, 1.82) is 0 Å². The van der Waals surface area contributed by atoms with E-state index in [-0.39, 0.29) is 24.5 Å². The van der Waals surface area contributed by atoms with Gasteiger partial charge in [-0.1, -0.05) is 147 Å². The molecule has 5 aromatic rings. The lowest BCUT2D eigenvalue weighted by molar-refractivity contribution is -0.369. The minimum Gasteiger partial charge on any atom is -0.497 e. The van der Waals surface area contributed by atoms with Crippen molar-refractivity contribution in [1.82, 2.24) is 0 Å². The number of nitrogens with one attached hydrogen (secondary N) is 1. The number of carbonyl (C=O) groups is 1. The summed E-state index contributed by atoms with van der Waals surface area (Å²) in [6, 6.07) is 48.5. The maximum atomic E-state index is 13.9. The van der Waals surface area contributed by atoms with E-state index in [9.17, 15) is 9.90 Å². The number of methoxy groups -OCH3 is 1. The van der Waals surface area contributed by atoms with Gasteiger partial charge < -0.3 is 61.9 Å². The fourth-order valence-corrected chi connectivity index (χ4v) is 18.7. The number of amides is 1. The molecule has 6 fully saturated rings. The molecule has 0 unspecified atom stereocenters. The molecule has 474 valence electrons. The first-order chi connectivity index (χ1) is 42.2. The quantitative estimate of drug-likeness (QED) is 0.0446. The molecule has 14 atom stereocenters. The van der Waals surface area contributed by atoms with Crippen molar-refractivity contribution < 1.29 is 61.4 Å². The van der Waals surface area contributed by atoms with Crippen LogP contribution < -0.4 is 20.4 Å². The van der Waals surface area contributed by atoms with E-state index >= 15 is 0 Å². The number of rotatable bonds is 24. The Morgan fingerprint density at radius 3 is 2.03 bits per heavy atom. The molecule has 6 heterocycles. The number of allylic oxidation sites excluding steroid dienone is 1. The standard InChI is InChI=1S/C73H95NO13Si/c1-51(43-52(2)47-78-48-54-23-14-10-15-24-54)44-69(7)39-37-64(83-69)73-42-41-71(50-75,86-73)46-63(82-73)65-62(79-49-55-32-34-57(77-9)35-33-55)45-70(8,84-65)66(85-88(87-68(4,5)6,58-27-18-12-19-28-58)59-29-20-13-21-30-59)61-36-40-72(81-61)38-22-31-60(80-72)53(3)67(76)74-56-25-16-11-17-26-56/h10-21,23-30,32-35,43,51,53,60-66,75H,22,31,36-42,44-50H2,1-9H3,(H,74,76)/b52-43+/t51-,53+,60-,61-,62+,63+,64+,65-,66-,69+,70+,71-,72-,73+/m0/s1. The van der Waals surface area contributed by atoms with Crippen molar-refractivity contribution in [3.05, 3.63) is 168 Å². The van der Waals surface area contributed by atoms with E-state index in [0.29, 0.717) is 64.8 Å². The molecule has 0 saturated carbocycles. The highest BCUT2D eigenvalue weighted by molar-refractivity contribution is 6.92. The first kappa shape index (κ1) is 64.4. The van der Waals surface area contributed by atoms with Crippen LogP contribution in [0.2, 0.25) is 0 Å². The van der Waals surface area contributed by atoms with E-state index in [0.717, 1.165) is 65.0 Å². The molecule has 6 aliphatic heterocycles. The summed E-state index contributed by atoms with van der Waals surface area (Å²) in [6.45, 7) is 18.2. The molecule has 5 aromatic carbocycles. The second kappa shape index (κ2) is 27.0. The van der Waals surface area contributed by atoms with Gasteiger partial charge in [-0.2, -0.15) is 0 Å². The van der Waals surface area contributed by atoms with Crippen molar-refractivity contribution in [3.63, 3.8) is 0 Å². The van der Waals surface area contributed by atoms with Gasteiger partial charge in [-0.05, 0) is 138 Å². The van der Waals surface area contributed by atoms with Gasteiger partial charge in [0, 0.05) is 37.8 Å². The first-order valence-corrected chi connectivity index (χ1v) is 34.1. The van der Waals surface area contributed by atoms with E-state index in [1.807, 2.05) is 116 Å². The highest BCUT2D eigenvalue weighted by Crippen LogP contribution is 2.56. The van der Waals surface area contributed by atoms with Gasteiger partial charge in [0.2, 0.25) is 5.91 Å². The van der Waals surface area contributed by atoms with E-state index in [1.54, 1.807) is 7.11 Å². The zero-order chi connectivity index (χ0) is 61.8. The van der Waals surface area contributed by atoms with Crippen molar-refractivity contribution in [2.24, 2.45) is 11.8 Å². The third-order valence-electron chi connectivity index (χ3n) is 19.1. The van der Waals surface area contributed by atoms with Crippen LogP contribution in [0.5, 0.6) is 5.75 Å². The lowest BCUT2D eigenvalue weighted by Gasteiger charge is -2.48. The smallest absolute Gasteiger partial charge is 0.407 e. The average molecular weight is 1220 g/mol. The number of para-hydroxylation sites is 1. The third kappa shape index (κ3) is 14.6. The number of fused-ring (bicyclic) bond motifs is 2. The zero-order valence-electron chi connectivity index (χ0n) is 53.3. The molecule has 6 saturated heterocycles. The fourth-order valence-electron chi connectivity index (χ4n) is 15.0. The predicted molar refractivity (Wildman–Crippen MR) is 341 cm³/mol. The van der Waals surface area contributed by atoms with Crippen molar-refractivity contribution >= 4 is 30.5 Å². The maximum Gasteiger partial charge on any atom is 0.407 e. The number of aliphatic hydroxyl groups is 1. The highest BCUT2D eigenvalue weighted by Gasteiger charge is 2.67. The molecule has 88 heavy (non-hydrogen) atoms. The van der Waals surface area contributed by atoms with Crippen LogP contribution in [0, 0.1) is 11.8 Å². The summed E-state index contributed by atoms with van der Waals surface area (Å²) in [6.07, 6.45) is 6.13. The van der Waals surface area contributed by atoms with Crippen LogP contribution in [0.1, 0.15) is 144 Å². The summed E-state index contributed by atoms with van der Waals surface area (Å²) in [5, 5.41) is 16.5. The SMILES string of the molecule is COc1ccc(CO[C@@H]2C[C@](C)([C@@H](O[Si](OC(C)(C)C)(c3ccccc3)c3ccccc3)[C@@H]3CC[C@]4(CCC[C@@H]([C@@H](C)C(=O)Nc5ccccc5)O4)O3)O[C@@H]2[C@H]2C[C@]3(CO)CC[C@@]([C@H]4CC[C@](C)(C[C@@H](C)/C=C(\C)COCc5ccccc5)O4)(O2)O3)cc1. The summed E-state index contributed by atoms with van der Waals surface area (Å²) < 4.78 is 79.1. The largest absolute Gasteiger partial charge is 0.497 e. The third-order valence-corrected chi connectivity index (χ3v) is 22.8. The number of aliphatic hydroxyl groups excluding tert-OH is 1. The van der Waals surface area contributed by atoms with Gasteiger partial charge in [-0.3, -0.25) is 4.79 Å². The Balaban J connectivity index is 0.918. The minimum atomic E-state index is -3.77. The molecule has 1 spiro atoms. The molecule has 2 bridgehead atoms. The van der Waals surface area contributed by atoms with Gasteiger partial charge in [-0.15, -0.1) is 0 Å². The molecule has 11 rings (SSSR count). The lowest BCUT2D eigenvalue weighted by Crippen LogP contribution is -2.70. The minimum absolute atomic E-state index is 0.0975. The van der Waals surface area contributed by atoms with Crippen LogP contribution in [0.25, 0.3) is 0 Å².